The van der Waals surface area contributed by atoms with Gasteiger partial charge in [-0.2, -0.15) is 0 Å². The summed E-state index contributed by atoms with van der Waals surface area (Å²) in [5.74, 6) is -0.734. The van der Waals surface area contributed by atoms with E-state index in [2.05, 4.69) is 11.9 Å². The topological polar surface area (TPSA) is 75.7 Å². The van der Waals surface area contributed by atoms with Gasteiger partial charge < -0.3 is 4.74 Å². The summed E-state index contributed by atoms with van der Waals surface area (Å²) in [6, 6.07) is 11.5. The van der Waals surface area contributed by atoms with Crippen LogP contribution < -0.4 is 15.0 Å². The number of anilines is 1. The molecule has 0 radical (unpaired) electrons. The van der Waals surface area contributed by atoms with Gasteiger partial charge in [0.05, 0.1) is 5.69 Å². The molecule has 2 aromatic rings. The number of aryl methyl sites for hydroxylation is 2. The quantitative estimate of drug-likeness (QED) is 0.492. The molecule has 1 aliphatic rings. The molecule has 6 nitrogen and oxygen atoms in total. The molecule has 1 N–H and O–H groups in total. The number of carbonyl (C=O) groups excluding carboxylic acids is 3. The number of imide groups is 2. The molecule has 0 aliphatic carbocycles. The molecule has 0 bridgehead atoms. The Kier molecular flexibility index (Phi) is 5.40. The minimum atomic E-state index is -0.759. The second kappa shape index (κ2) is 7.92. The van der Waals surface area contributed by atoms with Crippen LogP contribution in [0.25, 0.3) is 6.08 Å². The standard InChI is InChI=1S/C22H20N2O4/c1-4-9-28-18-7-5-16(6-8-18)13-19-20(25)23-22(27)24(21(19)26)17-11-14(2)10-15(3)12-17/h4-8,10-13H,1,9H2,2-3H3,(H,23,25,27). The van der Waals surface area contributed by atoms with E-state index in [0.717, 1.165) is 16.0 Å². The average Bonchev–Trinajstić information content (AvgIpc) is 2.63. The monoisotopic (exact) mass is 376 g/mol. The fourth-order valence-corrected chi connectivity index (χ4v) is 2.95. The lowest BCUT2D eigenvalue weighted by Gasteiger charge is -2.27. The molecule has 142 valence electrons. The van der Waals surface area contributed by atoms with Crippen LogP contribution in [-0.2, 0) is 9.59 Å². The van der Waals surface area contributed by atoms with Crippen molar-refractivity contribution in [3.63, 3.8) is 0 Å². The third-order valence-electron chi connectivity index (χ3n) is 4.13. The first kappa shape index (κ1) is 19.1. The van der Waals surface area contributed by atoms with E-state index >= 15 is 0 Å². The number of ether oxygens (including phenoxy) is 1. The highest BCUT2D eigenvalue weighted by Crippen LogP contribution is 2.24. The summed E-state index contributed by atoms with van der Waals surface area (Å²) in [4.78, 5) is 38.5. The lowest BCUT2D eigenvalue weighted by atomic mass is 10.1. The number of urea groups is 1. The Morgan fingerprint density at radius 2 is 1.68 bits per heavy atom. The summed E-state index contributed by atoms with van der Waals surface area (Å²) in [6.45, 7) is 7.72. The zero-order valence-electron chi connectivity index (χ0n) is 15.7. The van der Waals surface area contributed by atoms with Gasteiger partial charge >= 0.3 is 6.03 Å². The molecule has 1 aliphatic heterocycles. The van der Waals surface area contributed by atoms with Gasteiger partial charge in [0, 0.05) is 0 Å². The smallest absolute Gasteiger partial charge is 0.335 e. The maximum absolute atomic E-state index is 12.9. The first-order valence-electron chi connectivity index (χ1n) is 8.72. The molecule has 3 rings (SSSR count). The summed E-state index contributed by atoms with van der Waals surface area (Å²) in [5, 5.41) is 2.23. The highest BCUT2D eigenvalue weighted by Gasteiger charge is 2.36. The van der Waals surface area contributed by atoms with Gasteiger partial charge in [-0.3, -0.25) is 14.9 Å². The second-order valence-electron chi connectivity index (χ2n) is 6.47. The van der Waals surface area contributed by atoms with Gasteiger partial charge in [0.1, 0.15) is 17.9 Å². The van der Waals surface area contributed by atoms with Crippen molar-refractivity contribution in [3.05, 3.63) is 77.4 Å². The Morgan fingerprint density at radius 1 is 1.04 bits per heavy atom. The van der Waals surface area contributed by atoms with Crippen molar-refractivity contribution in [1.29, 1.82) is 0 Å². The molecule has 0 aromatic heterocycles. The summed E-state index contributed by atoms with van der Waals surface area (Å²) in [7, 11) is 0. The van der Waals surface area contributed by atoms with Gasteiger partial charge in [0.25, 0.3) is 11.8 Å². The highest BCUT2D eigenvalue weighted by atomic mass is 16.5. The number of rotatable bonds is 5. The van der Waals surface area contributed by atoms with Crippen molar-refractivity contribution in [2.24, 2.45) is 0 Å². The largest absolute Gasteiger partial charge is 0.490 e. The summed E-state index contributed by atoms with van der Waals surface area (Å²) >= 11 is 0. The van der Waals surface area contributed by atoms with Crippen molar-refractivity contribution in [2.75, 3.05) is 11.5 Å². The highest BCUT2D eigenvalue weighted by molar-refractivity contribution is 6.39. The summed E-state index contributed by atoms with van der Waals surface area (Å²) in [5.41, 5.74) is 2.77. The molecular formula is C22H20N2O4. The molecule has 4 amide bonds. The van der Waals surface area contributed by atoms with Gasteiger partial charge in [-0.15, -0.1) is 0 Å². The number of hydrogen-bond donors (Lipinski definition) is 1. The average molecular weight is 376 g/mol. The Bertz CT molecular complexity index is 970. The van der Waals surface area contributed by atoms with Crippen LogP contribution in [0.15, 0.2) is 60.7 Å². The van der Waals surface area contributed by atoms with E-state index in [1.54, 1.807) is 42.5 Å². The van der Waals surface area contributed by atoms with Gasteiger partial charge in [0.15, 0.2) is 0 Å². The Hall–Kier alpha value is -3.67. The van der Waals surface area contributed by atoms with Crippen LogP contribution in [-0.4, -0.2) is 24.5 Å². The predicted octanol–water partition coefficient (Wildman–Crippen LogP) is 3.53. The number of hydrogen-bond acceptors (Lipinski definition) is 4. The fraction of sp³-hybridized carbons (Fsp3) is 0.136. The van der Waals surface area contributed by atoms with Crippen LogP contribution in [0.3, 0.4) is 0 Å². The molecule has 6 heteroatoms. The van der Waals surface area contributed by atoms with Gasteiger partial charge in [-0.05, 0) is 60.9 Å². The second-order valence-corrected chi connectivity index (χ2v) is 6.47. The molecule has 2 aromatic carbocycles. The zero-order valence-corrected chi connectivity index (χ0v) is 15.7. The number of nitrogens with zero attached hydrogens (tertiary/aromatic N) is 1. The molecule has 28 heavy (non-hydrogen) atoms. The molecule has 0 atom stereocenters. The predicted molar refractivity (Wildman–Crippen MR) is 107 cm³/mol. The number of nitrogens with one attached hydrogen (secondary N) is 1. The van der Waals surface area contributed by atoms with Crippen molar-refractivity contribution in [2.45, 2.75) is 13.8 Å². The van der Waals surface area contributed by atoms with E-state index < -0.39 is 17.8 Å². The third-order valence-corrected chi connectivity index (χ3v) is 4.13. The summed E-state index contributed by atoms with van der Waals surface area (Å²) in [6.07, 6.45) is 3.09. The van der Waals surface area contributed by atoms with Crippen molar-refractivity contribution < 1.29 is 19.1 Å². The van der Waals surface area contributed by atoms with Crippen LogP contribution in [0.5, 0.6) is 5.75 Å². The normalized spacial score (nSPS) is 15.6. The van der Waals surface area contributed by atoms with E-state index in [-0.39, 0.29) is 5.57 Å². The molecule has 1 saturated heterocycles. The van der Waals surface area contributed by atoms with E-state index in [0.29, 0.717) is 23.6 Å². The van der Waals surface area contributed by atoms with E-state index in [4.69, 9.17) is 4.74 Å². The van der Waals surface area contributed by atoms with Gasteiger partial charge in [-0.1, -0.05) is 30.9 Å². The lowest BCUT2D eigenvalue weighted by molar-refractivity contribution is -0.122. The summed E-state index contributed by atoms with van der Waals surface area (Å²) < 4.78 is 5.42. The van der Waals surface area contributed by atoms with Crippen LogP contribution in [0.2, 0.25) is 0 Å². The maximum Gasteiger partial charge on any atom is 0.335 e. The van der Waals surface area contributed by atoms with Gasteiger partial charge in [-0.25, -0.2) is 9.69 Å². The van der Waals surface area contributed by atoms with Crippen molar-refractivity contribution in [3.8, 4) is 5.75 Å². The van der Waals surface area contributed by atoms with Crippen LogP contribution in [0.1, 0.15) is 16.7 Å². The van der Waals surface area contributed by atoms with E-state index in [9.17, 15) is 14.4 Å². The molecule has 1 fully saturated rings. The van der Waals surface area contributed by atoms with Crippen molar-refractivity contribution in [1.82, 2.24) is 5.32 Å². The van der Waals surface area contributed by atoms with E-state index in [1.165, 1.54) is 6.08 Å². The molecule has 0 spiro atoms. The number of carbonyl (C=O) groups is 3. The van der Waals surface area contributed by atoms with Gasteiger partial charge in [0.2, 0.25) is 0 Å². The SMILES string of the molecule is C=CCOc1ccc(C=C2C(=O)NC(=O)N(c3cc(C)cc(C)c3)C2=O)cc1. The Balaban J connectivity index is 1.93. The molecular weight excluding hydrogens is 356 g/mol. The van der Waals surface area contributed by atoms with Crippen LogP contribution >= 0.6 is 0 Å². The Labute approximate surface area is 163 Å². The fourth-order valence-electron chi connectivity index (χ4n) is 2.95. The zero-order chi connectivity index (χ0) is 20.3. The van der Waals surface area contributed by atoms with Crippen molar-refractivity contribution >= 4 is 29.6 Å². The Morgan fingerprint density at radius 3 is 2.29 bits per heavy atom. The molecule has 0 unspecified atom stereocenters. The van der Waals surface area contributed by atoms with Crippen LogP contribution in [0.4, 0.5) is 10.5 Å². The van der Waals surface area contributed by atoms with Crippen LogP contribution in [0, 0.1) is 13.8 Å². The third kappa shape index (κ3) is 4.01. The number of benzene rings is 2. The number of amides is 4. The first-order chi connectivity index (χ1) is 13.4. The minimum absolute atomic E-state index is 0.112. The lowest BCUT2D eigenvalue weighted by Crippen LogP contribution is -2.54. The van der Waals surface area contributed by atoms with E-state index in [1.807, 2.05) is 19.9 Å². The molecule has 1 heterocycles. The first-order valence-corrected chi connectivity index (χ1v) is 8.72. The number of barbiturate groups is 1. The molecule has 0 saturated carbocycles. The minimum Gasteiger partial charge on any atom is -0.490 e. The maximum atomic E-state index is 12.9.